The van der Waals surface area contributed by atoms with Gasteiger partial charge in [-0.3, -0.25) is 4.79 Å². The van der Waals surface area contributed by atoms with Gasteiger partial charge in [0.2, 0.25) is 0 Å². The Labute approximate surface area is 154 Å². The van der Waals surface area contributed by atoms with Crippen LogP contribution in [0.2, 0.25) is 0 Å². The Kier molecular flexibility index (Phi) is 7.15. The fourth-order valence-corrected chi connectivity index (χ4v) is 2.48. The maximum Gasteiger partial charge on any atom is 0.331 e. The average Bonchev–Trinajstić information content (AvgIpc) is 2.65. The van der Waals surface area contributed by atoms with E-state index in [-0.39, 0.29) is 12.5 Å². The third-order valence-electron chi connectivity index (χ3n) is 4.03. The van der Waals surface area contributed by atoms with Crippen molar-refractivity contribution in [1.29, 1.82) is 0 Å². The van der Waals surface area contributed by atoms with Gasteiger partial charge in [-0.2, -0.15) is 0 Å². The van der Waals surface area contributed by atoms with E-state index in [0.717, 1.165) is 23.2 Å². The molecule has 0 spiro atoms. The van der Waals surface area contributed by atoms with Crippen LogP contribution >= 0.6 is 0 Å². The van der Waals surface area contributed by atoms with Crippen LogP contribution in [-0.2, 0) is 20.7 Å². The third-order valence-corrected chi connectivity index (χ3v) is 4.03. The van der Waals surface area contributed by atoms with Crippen molar-refractivity contribution in [3.8, 4) is 0 Å². The van der Waals surface area contributed by atoms with E-state index in [9.17, 15) is 9.59 Å². The standard InChI is InChI=1S/C22H25NO3/c1-4-18-7-5-6-8-20(18)23-21(24)15-26-22(25)14-11-17-9-12-19(13-10-17)16(2)3/h5-14,16H,4,15H2,1-3H3,(H,23,24)/b14-11+. The van der Waals surface area contributed by atoms with Gasteiger partial charge in [0.15, 0.2) is 6.61 Å². The number of amides is 1. The van der Waals surface area contributed by atoms with Crippen LogP contribution < -0.4 is 5.32 Å². The Hall–Kier alpha value is -2.88. The summed E-state index contributed by atoms with van der Waals surface area (Å²) < 4.78 is 5.00. The summed E-state index contributed by atoms with van der Waals surface area (Å²) in [5, 5.41) is 2.77. The molecule has 1 N–H and O–H groups in total. The van der Waals surface area contributed by atoms with Crippen LogP contribution in [0.5, 0.6) is 0 Å². The minimum atomic E-state index is -0.545. The molecule has 4 heteroatoms. The van der Waals surface area contributed by atoms with Crippen molar-refractivity contribution in [2.45, 2.75) is 33.1 Å². The summed E-state index contributed by atoms with van der Waals surface area (Å²) in [6, 6.07) is 15.5. The molecule has 0 saturated carbocycles. The highest BCUT2D eigenvalue weighted by Gasteiger charge is 2.08. The SMILES string of the molecule is CCc1ccccc1NC(=O)COC(=O)/C=C/c1ccc(C(C)C)cc1. The summed E-state index contributed by atoms with van der Waals surface area (Å²) in [7, 11) is 0. The number of esters is 1. The number of hydrogen-bond donors (Lipinski definition) is 1. The maximum absolute atomic E-state index is 11.9. The number of rotatable bonds is 7. The van der Waals surface area contributed by atoms with E-state index in [1.807, 2.05) is 55.5 Å². The summed E-state index contributed by atoms with van der Waals surface area (Å²) in [6.45, 7) is 5.97. The van der Waals surface area contributed by atoms with E-state index in [0.29, 0.717) is 5.92 Å². The van der Waals surface area contributed by atoms with E-state index < -0.39 is 5.97 Å². The smallest absolute Gasteiger partial charge is 0.331 e. The van der Waals surface area contributed by atoms with Gasteiger partial charge in [-0.25, -0.2) is 4.79 Å². The predicted octanol–water partition coefficient (Wildman–Crippen LogP) is 4.57. The van der Waals surface area contributed by atoms with Crippen LogP contribution in [0.3, 0.4) is 0 Å². The average molecular weight is 351 g/mol. The first-order chi connectivity index (χ1) is 12.5. The quantitative estimate of drug-likeness (QED) is 0.587. The van der Waals surface area contributed by atoms with Crippen molar-refractivity contribution >= 4 is 23.6 Å². The lowest BCUT2D eigenvalue weighted by Gasteiger charge is -2.09. The molecule has 0 aromatic heterocycles. The number of para-hydroxylation sites is 1. The molecule has 0 fully saturated rings. The number of carbonyl (C=O) groups is 2. The number of carbonyl (C=O) groups excluding carboxylic acids is 2. The van der Waals surface area contributed by atoms with Gasteiger partial charge >= 0.3 is 5.97 Å². The molecule has 0 bridgehead atoms. The van der Waals surface area contributed by atoms with Gasteiger partial charge < -0.3 is 10.1 Å². The van der Waals surface area contributed by atoms with Crippen molar-refractivity contribution in [3.63, 3.8) is 0 Å². The lowest BCUT2D eigenvalue weighted by molar-refractivity contribution is -0.142. The lowest BCUT2D eigenvalue weighted by atomic mass is 10.0. The summed E-state index contributed by atoms with van der Waals surface area (Å²) in [6.07, 6.45) is 3.82. The number of ether oxygens (including phenoxy) is 1. The molecule has 0 atom stereocenters. The number of aryl methyl sites for hydroxylation is 1. The molecule has 0 aliphatic rings. The molecule has 2 aromatic carbocycles. The topological polar surface area (TPSA) is 55.4 Å². The Morgan fingerprint density at radius 1 is 1.08 bits per heavy atom. The van der Waals surface area contributed by atoms with Crippen molar-refractivity contribution < 1.29 is 14.3 Å². The Morgan fingerprint density at radius 3 is 2.42 bits per heavy atom. The van der Waals surface area contributed by atoms with Gasteiger partial charge in [0.1, 0.15) is 0 Å². The summed E-state index contributed by atoms with van der Waals surface area (Å²) in [4.78, 5) is 23.7. The largest absolute Gasteiger partial charge is 0.452 e. The Morgan fingerprint density at radius 2 is 1.77 bits per heavy atom. The van der Waals surface area contributed by atoms with Crippen LogP contribution in [0.1, 0.15) is 43.4 Å². The second kappa shape index (κ2) is 9.56. The Balaban J connectivity index is 1.83. The normalized spacial score (nSPS) is 10.9. The highest BCUT2D eigenvalue weighted by molar-refractivity contribution is 5.95. The minimum absolute atomic E-state index is 0.312. The molecule has 0 radical (unpaired) electrons. The molecular formula is C22H25NO3. The zero-order valence-corrected chi connectivity index (χ0v) is 15.5. The van der Waals surface area contributed by atoms with E-state index in [1.54, 1.807) is 6.08 Å². The summed E-state index contributed by atoms with van der Waals surface area (Å²) in [5.74, 6) is -0.430. The summed E-state index contributed by atoms with van der Waals surface area (Å²) in [5.41, 5.74) is 3.94. The number of benzene rings is 2. The molecule has 136 valence electrons. The molecule has 0 saturated heterocycles. The van der Waals surface area contributed by atoms with Crippen molar-refractivity contribution in [2.24, 2.45) is 0 Å². The fourth-order valence-electron chi connectivity index (χ4n) is 2.48. The highest BCUT2D eigenvalue weighted by Crippen LogP contribution is 2.16. The first kappa shape index (κ1) is 19.4. The third kappa shape index (κ3) is 5.88. The number of anilines is 1. The summed E-state index contributed by atoms with van der Waals surface area (Å²) >= 11 is 0. The van der Waals surface area contributed by atoms with E-state index in [1.165, 1.54) is 11.6 Å². The monoisotopic (exact) mass is 351 g/mol. The van der Waals surface area contributed by atoms with Gasteiger partial charge in [0.25, 0.3) is 5.91 Å². The predicted molar refractivity (Wildman–Crippen MR) is 105 cm³/mol. The lowest BCUT2D eigenvalue weighted by Crippen LogP contribution is -2.20. The molecule has 0 aliphatic heterocycles. The van der Waals surface area contributed by atoms with Gasteiger partial charge in [-0.05, 0) is 41.2 Å². The second-order valence-corrected chi connectivity index (χ2v) is 6.32. The van der Waals surface area contributed by atoms with Crippen molar-refractivity contribution in [3.05, 3.63) is 71.3 Å². The maximum atomic E-state index is 11.9. The molecule has 4 nitrogen and oxygen atoms in total. The molecule has 0 heterocycles. The first-order valence-electron chi connectivity index (χ1n) is 8.82. The fraction of sp³-hybridized carbons (Fsp3) is 0.273. The zero-order chi connectivity index (χ0) is 18.9. The van der Waals surface area contributed by atoms with Crippen LogP contribution in [-0.4, -0.2) is 18.5 Å². The molecule has 1 amide bonds. The second-order valence-electron chi connectivity index (χ2n) is 6.32. The number of hydrogen-bond acceptors (Lipinski definition) is 3. The van der Waals surface area contributed by atoms with E-state index >= 15 is 0 Å². The highest BCUT2D eigenvalue weighted by atomic mass is 16.5. The molecular weight excluding hydrogens is 326 g/mol. The van der Waals surface area contributed by atoms with Gasteiger partial charge in [0, 0.05) is 11.8 Å². The van der Waals surface area contributed by atoms with Crippen LogP contribution in [0.25, 0.3) is 6.08 Å². The van der Waals surface area contributed by atoms with Crippen molar-refractivity contribution in [1.82, 2.24) is 0 Å². The van der Waals surface area contributed by atoms with Crippen LogP contribution in [0.4, 0.5) is 5.69 Å². The first-order valence-corrected chi connectivity index (χ1v) is 8.82. The minimum Gasteiger partial charge on any atom is -0.452 e. The van der Waals surface area contributed by atoms with Gasteiger partial charge in [0.05, 0.1) is 0 Å². The van der Waals surface area contributed by atoms with Gasteiger partial charge in [-0.15, -0.1) is 0 Å². The van der Waals surface area contributed by atoms with E-state index in [4.69, 9.17) is 4.74 Å². The van der Waals surface area contributed by atoms with E-state index in [2.05, 4.69) is 19.2 Å². The molecule has 2 aromatic rings. The molecule has 0 aliphatic carbocycles. The molecule has 2 rings (SSSR count). The van der Waals surface area contributed by atoms with Crippen LogP contribution in [0, 0.1) is 0 Å². The van der Waals surface area contributed by atoms with Gasteiger partial charge in [-0.1, -0.05) is 63.2 Å². The zero-order valence-electron chi connectivity index (χ0n) is 15.5. The van der Waals surface area contributed by atoms with Crippen molar-refractivity contribution in [2.75, 3.05) is 11.9 Å². The Bertz CT molecular complexity index is 776. The van der Waals surface area contributed by atoms with Crippen LogP contribution in [0.15, 0.2) is 54.6 Å². The number of nitrogens with one attached hydrogen (secondary N) is 1. The molecule has 0 unspecified atom stereocenters. The molecule has 26 heavy (non-hydrogen) atoms.